The molecule has 0 amide bonds. The zero-order valence-electron chi connectivity index (χ0n) is 12.9. The van der Waals surface area contributed by atoms with Crippen molar-refractivity contribution in [3.05, 3.63) is 95.0 Å². The van der Waals surface area contributed by atoms with Crippen molar-refractivity contribution in [2.75, 3.05) is 12.4 Å². The standard InChI is InChI=1S/C20H18ClNO/c1-23-19-13-11-18(12-14-19)22-20(15-5-3-2-4-6-15)16-7-9-17(21)10-8-16/h2-14,20,22H,1H3. The number of rotatable bonds is 5. The van der Waals surface area contributed by atoms with E-state index < -0.39 is 0 Å². The van der Waals surface area contributed by atoms with Crippen LogP contribution in [0.3, 0.4) is 0 Å². The van der Waals surface area contributed by atoms with E-state index in [2.05, 4.69) is 29.6 Å². The third kappa shape index (κ3) is 3.85. The Labute approximate surface area is 141 Å². The van der Waals surface area contributed by atoms with Gasteiger partial charge >= 0.3 is 0 Å². The Morgan fingerprint density at radius 2 is 1.39 bits per heavy atom. The smallest absolute Gasteiger partial charge is 0.119 e. The summed E-state index contributed by atoms with van der Waals surface area (Å²) < 4.78 is 5.21. The largest absolute Gasteiger partial charge is 0.497 e. The molecule has 0 bridgehead atoms. The summed E-state index contributed by atoms with van der Waals surface area (Å²) in [6, 6.07) is 26.3. The lowest BCUT2D eigenvalue weighted by Crippen LogP contribution is -2.12. The average Bonchev–Trinajstić information content (AvgIpc) is 2.62. The van der Waals surface area contributed by atoms with Crippen LogP contribution in [-0.4, -0.2) is 7.11 Å². The Morgan fingerprint density at radius 1 is 0.783 bits per heavy atom. The molecule has 0 fully saturated rings. The van der Waals surface area contributed by atoms with Crippen molar-refractivity contribution in [3.63, 3.8) is 0 Å². The van der Waals surface area contributed by atoms with Gasteiger partial charge in [0.25, 0.3) is 0 Å². The van der Waals surface area contributed by atoms with Gasteiger partial charge in [0, 0.05) is 10.7 Å². The summed E-state index contributed by atoms with van der Waals surface area (Å²) in [5.41, 5.74) is 3.40. The van der Waals surface area contributed by atoms with E-state index in [-0.39, 0.29) is 6.04 Å². The summed E-state index contributed by atoms with van der Waals surface area (Å²) in [6.45, 7) is 0. The van der Waals surface area contributed by atoms with Crippen LogP contribution in [0, 0.1) is 0 Å². The Bertz CT molecular complexity index is 739. The van der Waals surface area contributed by atoms with Gasteiger partial charge in [0.15, 0.2) is 0 Å². The van der Waals surface area contributed by atoms with Crippen LogP contribution in [-0.2, 0) is 0 Å². The van der Waals surface area contributed by atoms with Crippen molar-refractivity contribution >= 4 is 17.3 Å². The molecule has 1 atom stereocenters. The van der Waals surface area contributed by atoms with Crippen LogP contribution in [0.2, 0.25) is 5.02 Å². The van der Waals surface area contributed by atoms with E-state index in [4.69, 9.17) is 16.3 Å². The fourth-order valence-electron chi connectivity index (χ4n) is 2.51. The third-order valence-electron chi connectivity index (χ3n) is 3.74. The molecule has 116 valence electrons. The van der Waals surface area contributed by atoms with Crippen LogP contribution >= 0.6 is 11.6 Å². The Hall–Kier alpha value is -2.45. The van der Waals surface area contributed by atoms with Crippen LogP contribution in [0.5, 0.6) is 5.75 Å². The molecule has 1 unspecified atom stereocenters. The summed E-state index contributed by atoms with van der Waals surface area (Å²) in [6.07, 6.45) is 0. The van der Waals surface area contributed by atoms with Gasteiger partial charge in [-0.05, 0) is 47.5 Å². The SMILES string of the molecule is COc1ccc(NC(c2ccccc2)c2ccc(Cl)cc2)cc1. The molecule has 1 N–H and O–H groups in total. The van der Waals surface area contributed by atoms with Gasteiger partial charge in [-0.25, -0.2) is 0 Å². The highest BCUT2D eigenvalue weighted by molar-refractivity contribution is 6.30. The molecule has 0 heterocycles. The van der Waals surface area contributed by atoms with Crippen molar-refractivity contribution < 1.29 is 4.74 Å². The van der Waals surface area contributed by atoms with Crippen LogP contribution < -0.4 is 10.1 Å². The predicted molar refractivity (Wildman–Crippen MR) is 96.4 cm³/mol. The average molecular weight is 324 g/mol. The third-order valence-corrected chi connectivity index (χ3v) is 3.99. The summed E-state index contributed by atoms with van der Waals surface area (Å²) >= 11 is 6.02. The van der Waals surface area contributed by atoms with E-state index >= 15 is 0 Å². The minimum Gasteiger partial charge on any atom is -0.497 e. The number of benzene rings is 3. The molecule has 0 aliphatic rings. The molecule has 3 aromatic carbocycles. The highest BCUT2D eigenvalue weighted by Gasteiger charge is 2.13. The molecule has 0 aliphatic heterocycles. The first-order chi connectivity index (χ1) is 11.3. The zero-order valence-corrected chi connectivity index (χ0v) is 13.6. The van der Waals surface area contributed by atoms with Crippen LogP contribution in [0.1, 0.15) is 17.2 Å². The number of methoxy groups -OCH3 is 1. The van der Waals surface area contributed by atoms with E-state index in [0.717, 1.165) is 22.0 Å². The molecular formula is C20H18ClNO. The summed E-state index contributed by atoms with van der Waals surface area (Å²) in [4.78, 5) is 0. The lowest BCUT2D eigenvalue weighted by molar-refractivity contribution is 0.415. The number of hydrogen-bond donors (Lipinski definition) is 1. The van der Waals surface area contributed by atoms with Gasteiger partial charge in [-0.1, -0.05) is 54.1 Å². The van der Waals surface area contributed by atoms with Crippen LogP contribution in [0.15, 0.2) is 78.9 Å². The molecule has 2 nitrogen and oxygen atoms in total. The molecule has 3 rings (SSSR count). The monoisotopic (exact) mass is 323 g/mol. The first-order valence-electron chi connectivity index (χ1n) is 7.47. The maximum absolute atomic E-state index is 6.02. The van der Waals surface area contributed by atoms with E-state index in [9.17, 15) is 0 Å². The number of anilines is 1. The fraction of sp³-hybridized carbons (Fsp3) is 0.100. The molecule has 3 heteroatoms. The Balaban J connectivity index is 1.93. The van der Waals surface area contributed by atoms with Gasteiger partial charge in [-0.2, -0.15) is 0 Å². The van der Waals surface area contributed by atoms with Crippen molar-refractivity contribution in [3.8, 4) is 5.75 Å². The van der Waals surface area contributed by atoms with Gasteiger partial charge < -0.3 is 10.1 Å². The van der Waals surface area contributed by atoms with Gasteiger partial charge in [-0.3, -0.25) is 0 Å². The topological polar surface area (TPSA) is 21.3 Å². The first kappa shape index (κ1) is 15.4. The number of hydrogen-bond acceptors (Lipinski definition) is 2. The highest BCUT2D eigenvalue weighted by atomic mass is 35.5. The lowest BCUT2D eigenvalue weighted by Gasteiger charge is -2.21. The minimum atomic E-state index is 0.0573. The Kier molecular flexibility index (Phi) is 4.84. The molecular weight excluding hydrogens is 306 g/mol. The predicted octanol–water partition coefficient (Wildman–Crippen LogP) is 5.55. The molecule has 0 aromatic heterocycles. The molecule has 0 saturated heterocycles. The normalized spacial score (nSPS) is 11.7. The molecule has 0 aliphatic carbocycles. The maximum atomic E-state index is 6.02. The summed E-state index contributed by atoms with van der Waals surface area (Å²) in [5.74, 6) is 0.846. The van der Waals surface area contributed by atoms with E-state index in [1.54, 1.807) is 7.11 Å². The fourth-order valence-corrected chi connectivity index (χ4v) is 2.64. The lowest BCUT2D eigenvalue weighted by atomic mass is 9.98. The zero-order chi connectivity index (χ0) is 16.1. The second-order valence-electron chi connectivity index (χ2n) is 5.27. The van der Waals surface area contributed by atoms with Crippen molar-refractivity contribution in [1.82, 2.24) is 0 Å². The first-order valence-corrected chi connectivity index (χ1v) is 7.85. The van der Waals surface area contributed by atoms with Crippen molar-refractivity contribution in [2.24, 2.45) is 0 Å². The van der Waals surface area contributed by atoms with Crippen molar-refractivity contribution in [2.45, 2.75) is 6.04 Å². The van der Waals surface area contributed by atoms with Crippen molar-refractivity contribution in [1.29, 1.82) is 0 Å². The van der Waals surface area contributed by atoms with Gasteiger partial charge in [0.1, 0.15) is 5.75 Å². The van der Waals surface area contributed by atoms with Gasteiger partial charge in [-0.15, -0.1) is 0 Å². The van der Waals surface area contributed by atoms with Crippen LogP contribution in [0.25, 0.3) is 0 Å². The maximum Gasteiger partial charge on any atom is 0.119 e. The van der Waals surface area contributed by atoms with E-state index in [0.29, 0.717) is 0 Å². The van der Waals surface area contributed by atoms with Gasteiger partial charge in [0.2, 0.25) is 0 Å². The van der Waals surface area contributed by atoms with E-state index in [1.807, 2.05) is 54.6 Å². The minimum absolute atomic E-state index is 0.0573. The molecule has 0 saturated carbocycles. The summed E-state index contributed by atoms with van der Waals surface area (Å²) in [5, 5.41) is 4.32. The summed E-state index contributed by atoms with van der Waals surface area (Å²) in [7, 11) is 1.67. The quantitative estimate of drug-likeness (QED) is 0.664. The molecule has 3 aromatic rings. The second-order valence-corrected chi connectivity index (χ2v) is 5.70. The Morgan fingerprint density at radius 3 is 2.00 bits per heavy atom. The number of ether oxygens (including phenoxy) is 1. The molecule has 0 spiro atoms. The highest BCUT2D eigenvalue weighted by Crippen LogP contribution is 2.28. The van der Waals surface area contributed by atoms with Gasteiger partial charge in [0.05, 0.1) is 13.2 Å². The molecule has 0 radical (unpaired) electrons. The number of halogens is 1. The second kappa shape index (κ2) is 7.21. The van der Waals surface area contributed by atoms with Crippen LogP contribution in [0.4, 0.5) is 5.69 Å². The molecule has 23 heavy (non-hydrogen) atoms. The van der Waals surface area contributed by atoms with E-state index in [1.165, 1.54) is 5.56 Å². The number of nitrogens with one attached hydrogen (secondary N) is 1.